The Morgan fingerprint density at radius 3 is 2.63 bits per heavy atom. The molecule has 0 saturated heterocycles. The number of benzene rings is 1. The van der Waals surface area contributed by atoms with Crippen LogP contribution in [0.2, 0.25) is 0 Å². The van der Waals surface area contributed by atoms with Crippen molar-refractivity contribution >= 4 is 29.9 Å². The summed E-state index contributed by atoms with van der Waals surface area (Å²) in [4.78, 5) is 9.01. The van der Waals surface area contributed by atoms with Crippen molar-refractivity contribution in [1.82, 2.24) is 20.8 Å². The molecule has 0 bridgehead atoms. The molecule has 9 heteroatoms. The van der Waals surface area contributed by atoms with Gasteiger partial charge in [0, 0.05) is 31.5 Å². The highest BCUT2D eigenvalue weighted by atomic mass is 127. The maximum absolute atomic E-state index is 5.92. The first kappa shape index (κ1) is 26.0. The molecule has 0 aliphatic heterocycles. The predicted molar refractivity (Wildman–Crippen MR) is 129 cm³/mol. The average Bonchev–Trinajstić information content (AvgIpc) is 3.18. The zero-order valence-corrected chi connectivity index (χ0v) is 20.8. The van der Waals surface area contributed by atoms with E-state index in [0.717, 1.165) is 49.2 Å². The van der Waals surface area contributed by atoms with Gasteiger partial charge in [0.1, 0.15) is 17.6 Å². The third-order valence-electron chi connectivity index (χ3n) is 4.09. The molecule has 168 valence electrons. The number of halogens is 1. The molecule has 0 amide bonds. The van der Waals surface area contributed by atoms with Gasteiger partial charge in [-0.3, -0.25) is 0 Å². The molecule has 0 fully saturated rings. The van der Waals surface area contributed by atoms with Crippen molar-refractivity contribution in [3.63, 3.8) is 0 Å². The Labute approximate surface area is 196 Å². The highest BCUT2D eigenvalue weighted by Gasteiger charge is 2.09. The maximum Gasteiger partial charge on any atom is 0.226 e. The third-order valence-corrected chi connectivity index (χ3v) is 4.09. The fourth-order valence-corrected chi connectivity index (χ4v) is 2.56. The van der Waals surface area contributed by atoms with Gasteiger partial charge < -0.3 is 24.6 Å². The lowest BCUT2D eigenvalue weighted by atomic mass is 10.2. The van der Waals surface area contributed by atoms with Crippen LogP contribution in [0.3, 0.4) is 0 Å². The van der Waals surface area contributed by atoms with Gasteiger partial charge in [-0.15, -0.1) is 24.0 Å². The van der Waals surface area contributed by atoms with Crippen LogP contribution in [0.4, 0.5) is 0 Å². The minimum absolute atomic E-state index is 0. The Hall–Kier alpha value is -2.04. The molecule has 1 aromatic carbocycles. The first-order valence-corrected chi connectivity index (χ1v) is 10.2. The minimum atomic E-state index is -0.0644. The molecule has 1 unspecified atom stereocenters. The van der Waals surface area contributed by atoms with E-state index < -0.39 is 0 Å². The summed E-state index contributed by atoms with van der Waals surface area (Å²) in [6.45, 7) is 10.2. The lowest BCUT2D eigenvalue weighted by Crippen LogP contribution is -2.38. The number of nitrogens with one attached hydrogen (secondary N) is 2. The zero-order chi connectivity index (χ0) is 21.1. The summed E-state index contributed by atoms with van der Waals surface area (Å²) < 4.78 is 16.4. The highest BCUT2D eigenvalue weighted by Crippen LogP contribution is 2.20. The molecular weight excluding hydrogens is 497 g/mol. The SMILES string of the molecule is CCNC(=NCC(C)Oc1cccc(OC)c1)NCCCc1nc(C(C)C)no1.I. The number of hydrogen-bond donors (Lipinski definition) is 2. The number of aryl methyl sites for hydroxylation is 1. The van der Waals surface area contributed by atoms with Crippen LogP contribution in [0.5, 0.6) is 11.5 Å². The maximum atomic E-state index is 5.92. The lowest BCUT2D eigenvalue weighted by Gasteiger charge is -2.15. The monoisotopic (exact) mass is 531 g/mol. The van der Waals surface area contributed by atoms with E-state index in [1.165, 1.54) is 0 Å². The fraction of sp³-hybridized carbons (Fsp3) is 0.571. The van der Waals surface area contributed by atoms with E-state index >= 15 is 0 Å². The van der Waals surface area contributed by atoms with E-state index in [4.69, 9.17) is 14.0 Å². The quantitative estimate of drug-likeness (QED) is 0.197. The number of ether oxygens (including phenoxy) is 2. The van der Waals surface area contributed by atoms with Crippen molar-refractivity contribution in [2.45, 2.75) is 52.6 Å². The largest absolute Gasteiger partial charge is 0.497 e. The van der Waals surface area contributed by atoms with Crippen molar-refractivity contribution in [2.75, 3.05) is 26.7 Å². The van der Waals surface area contributed by atoms with Crippen molar-refractivity contribution in [3.8, 4) is 11.5 Å². The standard InChI is InChI=1S/C21H33N5O3.HI/c1-6-22-21(23-12-8-11-19-25-20(15(2)3)26-29-19)24-14-16(4)28-18-10-7-9-17(13-18)27-5;/h7,9-10,13,15-16H,6,8,11-12,14H2,1-5H3,(H2,22,23,24);1H. The molecule has 1 atom stereocenters. The highest BCUT2D eigenvalue weighted by molar-refractivity contribution is 14.0. The number of nitrogens with zero attached hydrogens (tertiary/aromatic N) is 3. The number of aromatic nitrogens is 2. The number of guanidine groups is 1. The van der Waals surface area contributed by atoms with Crippen molar-refractivity contribution < 1.29 is 14.0 Å². The summed E-state index contributed by atoms with van der Waals surface area (Å²) >= 11 is 0. The summed E-state index contributed by atoms with van der Waals surface area (Å²) in [5.74, 6) is 4.02. The van der Waals surface area contributed by atoms with Gasteiger partial charge >= 0.3 is 0 Å². The Kier molecular flexibility index (Phi) is 12.2. The summed E-state index contributed by atoms with van der Waals surface area (Å²) in [5.41, 5.74) is 0. The van der Waals surface area contributed by atoms with Gasteiger partial charge in [0.15, 0.2) is 11.8 Å². The molecule has 1 heterocycles. The smallest absolute Gasteiger partial charge is 0.226 e. The third kappa shape index (κ3) is 9.19. The topological polar surface area (TPSA) is 93.8 Å². The first-order chi connectivity index (χ1) is 14.0. The molecule has 2 rings (SSSR count). The van der Waals surface area contributed by atoms with Gasteiger partial charge in [-0.25, -0.2) is 4.99 Å². The van der Waals surface area contributed by atoms with Crippen LogP contribution < -0.4 is 20.1 Å². The second kappa shape index (κ2) is 14.1. The summed E-state index contributed by atoms with van der Waals surface area (Å²) in [7, 11) is 1.64. The van der Waals surface area contributed by atoms with Crippen LogP contribution in [0.1, 0.15) is 51.7 Å². The number of rotatable bonds is 11. The number of hydrogen-bond acceptors (Lipinski definition) is 6. The van der Waals surface area contributed by atoms with Gasteiger partial charge in [0.25, 0.3) is 0 Å². The lowest BCUT2D eigenvalue weighted by molar-refractivity contribution is 0.229. The molecule has 0 spiro atoms. The van der Waals surface area contributed by atoms with E-state index in [1.807, 2.05) is 52.0 Å². The molecule has 30 heavy (non-hydrogen) atoms. The van der Waals surface area contributed by atoms with Gasteiger partial charge in [-0.05, 0) is 32.4 Å². The van der Waals surface area contributed by atoms with Gasteiger partial charge in [-0.1, -0.05) is 25.1 Å². The molecule has 0 aliphatic carbocycles. The Balaban J connectivity index is 0.00000450. The fourth-order valence-electron chi connectivity index (χ4n) is 2.56. The second-order valence-electron chi connectivity index (χ2n) is 7.06. The van der Waals surface area contributed by atoms with Gasteiger partial charge in [0.2, 0.25) is 5.89 Å². The summed E-state index contributed by atoms with van der Waals surface area (Å²) in [6, 6.07) is 7.57. The molecule has 0 radical (unpaired) electrons. The molecule has 2 aromatic rings. The van der Waals surface area contributed by atoms with Crippen LogP contribution in [-0.4, -0.2) is 48.9 Å². The van der Waals surface area contributed by atoms with Crippen LogP contribution in [-0.2, 0) is 6.42 Å². The van der Waals surface area contributed by atoms with E-state index in [-0.39, 0.29) is 36.0 Å². The number of aliphatic imine (C=N–C) groups is 1. The van der Waals surface area contributed by atoms with Crippen LogP contribution in [0.15, 0.2) is 33.8 Å². The van der Waals surface area contributed by atoms with E-state index in [0.29, 0.717) is 12.4 Å². The molecule has 2 N–H and O–H groups in total. The molecule has 1 aromatic heterocycles. The van der Waals surface area contributed by atoms with Crippen LogP contribution in [0, 0.1) is 0 Å². The Morgan fingerprint density at radius 2 is 1.97 bits per heavy atom. The first-order valence-electron chi connectivity index (χ1n) is 10.2. The number of methoxy groups -OCH3 is 1. The predicted octanol–water partition coefficient (Wildman–Crippen LogP) is 3.77. The van der Waals surface area contributed by atoms with Crippen molar-refractivity contribution in [3.05, 3.63) is 36.0 Å². The van der Waals surface area contributed by atoms with Crippen molar-refractivity contribution in [2.24, 2.45) is 4.99 Å². The van der Waals surface area contributed by atoms with Crippen molar-refractivity contribution in [1.29, 1.82) is 0 Å². The second-order valence-corrected chi connectivity index (χ2v) is 7.06. The summed E-state index contributed by atoms with van der Waals surface area (Å²) in [5, 5.41) is 10.6. The molecule has 0 aliphatic rings. The Morgan fingerprint density at radius 1 is 1.20 bits per heavy atom. The molecular formula is C21H34IN5O3. The Bertz CT molecular complexity index is 767. The molecule has 0 saturated carbocycles. The van der Waals surface area contributed by atoms with Crippen LogP contribution >= 0.6 is 24.0 Å². The van der Waals surface area contributed by atoms with E-state index in [2.05, 4.69) is 25.8 Å². The normalized spacial score (nSPS) is 12.3. The zero-order valence-electron chi connectivity index (χ0n) is 18.5. The average molecular weight is 531 g/mol. The van der Waals surface area contributed by atoms with Crippen LogP contribution in [0.25, 0.3) is 0 Å². The van der Waals surface area contributed by atoms with Gasteiger partial charge in [0.05, 0.1) is 13.7 Å². The van der Waals surface area contributed by atoms with E-state index in [1.54, 1.807) is 7.11 Å². The van der Waals surface area contributed by atoms with E-state index in [9.17, 15) is 0 Å². The van der Waals surface area contributed by atoms with Gasteiger partial charge in [-0.2, -0.15) is 4.98 Å². The summed E-state index contributed by atoms with van der Waals surface area (Å²) in [6.07, 6.45) is 1.55. The minimum Gasteiger partial charge on any atom is -0.497 e. The molecule has 8 nitrogen and oxygen atoms in total.